The van der Waals surface area contributed by atoms with Crippen LogP contribution in [0.25, 0.3) is 0 Å². The molecule has 0 bridgehead atoms. The van der Waals surface area contributed by atoms with E-state index in [0.29, 0.717) is 26.1 Å². The van der Waals surface area contributed by atoms with E-state index >= 15 is 0 Å². The number of amides is 2. The van der Waals surface area contributed by atoms with Gasteiger partial charge >= 0.3 is 0 Å². The molecule has 0 saturated heterocycles. The number of hydrogen-bond donors (Lipinski definition) is 1. The molecule has 2 aliphatic rings. The van der Waals surface area contributed by atoms with E-state index in [9.17, 15) is 19.1 Å². The number of nitrogens with zero attached hydrogens (tertiary/aromatic N) is 3. The number of aromatic nitrogens is 1. The smallest absolute Gasteiger partial charge is 0.274 e. The van der Waals surface area contributed by atoms with Crippen molar-refractivity contribution in [2.75, 3.05) is 20.1 Å². The van der Waals surface area contributed by atoms with Crippen LogP contribution in [0.4, 0.5) is 4.39 Å². The van der Waals surface area contributed by atoms with E-state index in [0.717, 1.165) is 24.1 Å². The number of carbonyl (C=O) groups is 2. The van der Waals surface area contributed by atoms with Crippen LogP contribution in [0, 0.1) is 11.7 Å². The second-order valence-electron chi connectivity index (χ2n) is 9.18. The van der Waals surface area contributed by atoms with E-state index in [1.54, 1.807) is 29.0 Å². The molecule has 1 aromatic carbocycles. The summed E-state index contributed by atoms with van der Waals surface area (Å²) < 4.78 is 15.2. The fourth-order valence-corrected chi connectivity index (χ4v) is 4.95. The van der Waals surface area contributed by atoms with Crippen LogP contribution in [-0.4, -0.2) is 51.4 Å². The summed E-state index contributed by atoms with van der Waals surface area (Å²) in [6.45, 7) is 5.42. The number of unbranched alkanes of at least 4 members (excludes halogenated alkanes) is 1. The fourth-order valence-electron chi connectivity index (χ4n) is 4.95. The average molecular weight is 466 g/mol. The van der Waals surface area contributed by atoms with Crippen LogP contribution in [0.2, 0.25) is 0 Å². The van der Waals surface area contributed by atoms with Gasteiger partial charge in [-0.1, -0.05) is 43.4 Å². The van der Waals surface area contributed by atoms with Crippen LogP contribution in [0.3, 0.4) is 0 Å². The highest BCUT2D eigenvalue weighted by molar-refractivity contribution is 6.05. The summed E-state index contributed by atoms with van der Waals surface area (Å²) in [5, 5.41) is 11.1. The summed E-state index contributed by atoms with van der Waals surface area (Å²) in [7, 11) is 1.73. The third-order valence-corrected chi connectivity index (χ3v) is 6.81. The summed E-state index contributed by atoms with van der Waals surface area (Å²) in [6.07, 6.45) is 10.9. The Labute approximate surface area is 200 Å². The highest BCUT2D eigenvalue weighted by Crippen LogP contribution is 2.41. The van der Waals surface area contributed by atoms with Gasteiger partial charge in [-0.05, 0) is 43.4 Å². The van der Waals surface area contributed by atoms with E-state index in [-0.39, 0.29) is 46.6 Å². The van der Waals surface area contributed by atoms with Crippen molar-refractivity contribution in [3.63, 3.8) is 0 Å². The summed E-state index contributed by atoms with van der Waals surface area (Å²) in [4.78, 5) is 29.7. The summed E-state index contributed by atoms with van der Waals surface area (Å²) >= 11 is 0. The molecule has 0 radical (unpaired) electrons. The van der Waals surface area contributed by atoms with Crippen molar-refractivity contribution < 1.29 is 19.1 Å². The van der Waals surface area contributed by atoms with Gasteiger partial charge in [-0.15, -0.1) is 0 Å². The van der Waals surface area contributed by atoms with Gasteiger partial charge in [-0.2, -0.15) is 0 Å². The molecule has 2 atom stereocenters. The topological polar surface area (TPSA) is 65.8 Å². The molecular weight excluding hydrogens is 433 g/mol. The largest absolute Gasteiger partial charge is 0.505 e. The van der Waals surface area contributed by atoms with Crippen molar-refractivity contribution in [1.82, 2.24) is 14.4 Å². The molecule has 0 aliphatic carbocycles. The zero-order valence-corrected chi connectivity index (χ0v) is 20.0. The van der Waals surface area contributed by atoms with Crippen LogP contribution in [0.5, 0.6) is 5.75 Å². The molecule has 2 aromatic rings. The van der Waals surface area contributed by atoms with E-state index < -0.39 is 0 Å². The summed E-state index contributed by atoms with van der Waals surface area (Å²) in [5.41, 5.74) is 1.97. The zero-order valence-electron chi connectivity index (χ0n) is 20.0. The second kappa shape index (κ2) is 9.87. The number of rotatable bonds is 7. The fraction of sp³-hybridized carbons (Fsp3) is 0.407. The average Bonchev–Trinajstić information content (AvgIpc) is 3.12. The van der Waals surface area contributed by atoms with E-state index in [1.165, 1.54) is 12.1 Å². The third kappa shape index (κ3) is 4.39. The Morgan fingerprint density at radius 1 is 1.15 bits per heavy atom. The lowest BCUT2D eigenvalue weighted by Crippen LogP contribution is -2.43. The molecule has 2 aliphatic heterocycles. The van der Waals surface area contributed by atoms with Crippen molar-refractivity contribution >= 4 is 11.8 Å². The monoisotopic (exact) mass is 465 g/mol. The van der Waals surface area contributed by atoms with Gasteiger partial charge in [0, 0.05) is 38.8 Å². The quantitative estimate of drug-likeness (QED) is 0.476. The Morgan fingerprint density at radius 3 is 2.56 bits per heavy atom. The Kier molecular flexibility index (Phi) is 6.91. The predicted molar refractivity (Wildman–Crippen MR) is 129 cm³/mol. The zero-order chi connectivity index (χ0) is 24.4. The van der Waals surface area contributed by atoms with E-state index in [1.807, 2.05) is 17.6 Å². The maximum absolute atomic E-state index is 13.4. The molecule has 7 heteroatoms. The van der Waals surface area contributed by atoms with Gasteiger partial charge in [0.2, 0.25) is 0 Å². The Bertz CT molecular complexity index is 1130. The Balaban J connectivity index is 1.65. The first-order valence-corrected chi connectivity index (χ1v) is 11.9. The highest BCUT2D eigenvalue weighted by Gasteiger charge is 2.42. The number of allylic oxidation sites excluding steroid dienone is 4. The predicted octanol–water partition coefficient (Wildman–Crippen LogP) is 4.71. The lowest BCUT2D eigenvalue weighted by molar-refractivity contribution is 0.0684. The van der Waals surface area contributed by atoms with Gasteiger partial charge in [0.1, 0.15) is 11.4 Å². The molecule has 2 unspecified atom stereocenters. The van der Waals surface area contributed by atoms with Crippen LogP contribution in [0.1, 0.15) is 64.8 Å². The second-order valence-corrected chi connectivity index (χ2v) is 9.18. The van der Waals surface area contributed by atoms with Crippen molar-refractivity contribution in [1.29, 1.82) is 0 Å². The lowest BCUT2D eigenvalue weighted by Gasteiger charge is -2.37. The van der Waals surface area contributed by atoms with Gasteiger partial charge in [0.25, 0.3) is 11.8 Å². The lowest BCUT2D eigenvalue weighted by atomic mass is 9.97. The number of fused-ring (bicyclic) bond motifs is 3. The molecule has 6 nitrogen and oxygen atoms in total. The molecule has 0 saturated carbocycles. The first-order chi connectivity index (χ1) is 16.3. The molecule has 3 heterocycles. The van der Waals surface area contributed by atoms with E-state index in [2.05, 4.69) is 25.2 Å². The van der Waals surface area contributed by atoms with Crippen LogP contribution >= 0.6 is 0 Å². The maximum Gasteiger partial charge on any atom is 0.274 e. The molecular formula is C27H32FN3O3. The van der Waals surface area contributed by atoms with Crippen molar-refractivity contribution in [2.24, 2.45) is 5.92 Å². The minimum Gasteiger partial charge on any atom is -0.505 e. The molecule has 1 aromatic heterocycles. The van der Waals surface area contributed by atoms with Gasteiger partial charge in [0.15, 0.2) is 11.4 Å². The molecule has 2 amide bonds. The van der Waals surface area contributed by atoms with E-state index in [4.69, 9.17) is 0 Å². The number of carbonyl (C=O) groups excluding carboxylic acids is 2. The SMILES string of the molecule is C/C=C\CC/C=C\C(C)C1CN(C)C(=O)c2c(O)c3c(n21)CCN(Cc1ccc(F)cc1)C3=O. The molecule has 0 fully saturated rings. The third-order valence-electron chi connectivity index (χ3n) is 6.81. The Hall–Kier alpha value is -3.35. The maximum atomic E-state index is 13.4. The number of halogens is 1. The first-order valence-electron chi connectivity index (χ1n) is 11.9. The summed E-state index contributed by atoms with van der Waals surface area (Å²) in [5.74, 6) is -1.01. The minimum absolute atomic E-state index is 0.0678. The number of benzene rings is 1. The standard InChI is InChI=1S/C27H32FN3O3/c1-4-5-6-7-8-9-18(2)22-17-29(3)27(34)24-25(32)23-21(31(22)24)14-15-30(26(23)33)16-19-10-12-20(28)13-11-19/h4-5,8-13,18,22,32H,6-7,14-17H2,1-3H3/b5-4-,9-8-. The van der Waals surface area contributed by atoms with Gasteiger partial charge in [0.05, 0.1) is 6.04 Å². The van der Waals surface area contributed by atoms with Crippen molar-refractivity contribution in [3.8, 4) is 5.75 Å². The van der Waals surface area contributed by atoms with Crippen molar-refractivity contribution in [3.05, 3.63) is 76.9 Å². The van der Waals surface area contributed by atoms with Crippen molar-refractivity contribution in [2.45, 2.75) is 45.7 Å². The molecule has 4 rings (SSSR count). The molecule has 180 valence electrons. The summed E-state index contributed by atoms with van der Waals surface area (Å²) in [6, 6.07) is 5.98. The first kappa shape index (κ1) is 23.8. The van der Waals surface area contributed by atoms with Gasteiger partial charge in [-0.3, -0.25) is 9.59 Å². The number of likely N-dealkylation sites (N-methyl/N-ethyl adjacent to an activating group) is 1. The molecule has 34 heavy (non-hydrogen) atoms. The minimum atomic E-state index is -0.326. The van der Waals surface area contributed by atoms with Gasteiger partial charge < -0.3 is 19.5 Å². The molecule has 0 spiro atoms. The van der Waals surface area contributed by atoms with Crippen LogP contribution < -0.4 is 0 Å². The highest BCUT2D eigenvalue weighted by atomic mass is 19.1. The number of hydrogen-bond acceptors (Lipinski definition) is 3. The molecule has 1 N–H and O–H groups in total. The van der Waals surface area contributed by atoms with Crippen LogP contribution in [0.15, 0.2) is 48.6 Å². The van der Waals surface area contributed by atoms with Crippen LogP contribution in [-0.2, 0) is 13.0 Å². The number of aromatic hydroxyl groups is 1. The normalized spacial score (nSPS) is 19.2. The Morgan fingerprint density at radius 2 is 1.85 bits per heavy atom. The van der Waals surface area contributed by atoms with Gasteiger partial charge in [-0.25, -0.2) is 4.39 Å².